The standard InChI is InChI=1S/C18H27NO2/c1-3-14(2)19(13-18(20)21)17-12-8-7-11-16(17)15-9-5-4-6-10-15/h4-6,9-10,14,16-17H,3,7-8,11-13H2,1-2H3,(H,20,21). The predicted molar refractivity (Wildman–Crippen MR) is 85.5 cm³/mol. The summed E-state index contributed by atoms with van der Waals surface area (Å²) in [5.74, 6) is -0.249. The Morgan fingerprint density at radius 3 is 2.57 bits per heavy atom. The van der Waals surface area contributed by atoms with Gasteiger partial charge in [0.25, 0.3) is 0 Å². The molecule has 0 aromatic heterocycles. The van der Waals surface area contributed by atoms with Crippen LogP contribution in [0.1, 0.15) is 57.4 Å². The van der Waals surface area contributed by atoms with Crippen LogP contribution in [0.4, 0.5) is 0 Å². The van der Waals surface area contributed by atoms with Crippen LogP contribution in [0.15, 0.2) is 30.3 Å². The molecule has 1 aliphatic carbocycles. The summed E-state index contributed by atoms with van der Waals surface area (Å²) >= 11 is 0. The van der Waals surface area contributed by atoms with E-state index in [4.69, 9.17) is 0 Å². The molecular weight excluding hydrogens is 262 g/mol. The van der Waals surface area contributed by atoms with Crippen molar-refractivity contribution in [2.45, 2.75) is 64.0 Å². The first-order chi connectivity index (χ1) is 10.1. The van der Waals surface area contributed by atoms with Gasteiger partial charge in [-0.2, -0.15) is 0 Å². The van der Waals surface area contributed by atoms with Gasteiger partial charge in [-0.3, -0.25) is 9.69 Å². The van der Waals surface area contributed by atoms with Crippen molar-refractivity contribution in [3.63, 3.8) is 0 Å². The summed E-state index contributed by atoms with van der Waals surface area (Å²) in [7, 11) is 0. The highest BCUT2D eigenvalue weighted by molar-refractivity contribution is 5.69. The first-order valence-electron chi connectivity index (χ1n) is 8.16. The summed E-state index contributed by atoms with van der Waals surface area (Å²) in [5, 5.41) is 9.27. The molecule has 3 nitrogen and oxygen atoms in total. The molecule has 21 heavy (non-hydrogen) atoms. The molecule has 1 aliphatic rings. The van der Waals surface area contributed by atoms with Crippen LogP contribution in [0.2, 0.25) is 0 Å². The van der Waals surface area contributed by atoms with Crippen molar-refractivity contribution in [3.8, 4) is 0 Å². The monoisotopic (exact) mass is 289 g/mol. The predicted octanol–water partition coefficient (Wildman–Crippen LogP) is 3.90. The van der Waals surface area contributed by atoms with Gasteiger partial charge >= 0.3 is 5.97 Å². The van der Waals surface area contributed by atoms with Crippen molar-refractivity contribution in [1.82, 2.24) is 4.90 Å². The van der Waals surface area contributed by atoms with E-state index in [2.05, 4.69) is 43.0 Å². The molecule has 0 bridgehead atoms. The van der Waals surface area contributed by atoms with Crippen LogP contribution in [0.25, 0.3) is 0 Å². The van der Waals surface area contributed by atoms with Crippen LogP contribution in [0, 0.1) is 0 Å². The average Bonchev–Trinajstić information content (AvgIpc) is 2.52. The Bertz CT molecular complexity index is 446. The maximum absolute atomic E-state index is 11.3. The Labute approximate surface area is 128 Å². The van der Waals surface area contributed by atoms with E-state index in [9.17, 15) is 9.90 Å². The first kappa shape index (κ1) is 16.0. The molecule has 0 amide bonds. The van der Waals surface area contributed by atoms with Gasteiger partial charge in [-0.15, -0.1) is 0 Å². The van der Waals surface area contributed by atoms with Crippen LogP contribution in [-0.2, 0) is 4.79 Å². The van der Waals surface area contributed by atoms with Crippen LogP contribution in [-0.4, -0.2) is 34.6 Å². The van der Waals surface area contributed by atoms with Gasteiger partial charge in [0.1, 0.15) is 0 Å². The van der Waals surface area contributed by atoms with Crippen molar-refractivity contribution in [3.05, 3.63) is 35.9 Å². The van der Waals surface area contributed by atoms with E-state index in [1.54, 1.807) is 0 Å². The molecule has 0 saturated heterocycles. The van der Waals surface area contributed by atoms with Gasteiger partial charge in [-0.25, -0.2) is 0 Å². The van der Waals surface area contributed by atoms with Gasteiger partial charge in [0.05, 0.1) is 6.54 Å². The van der Waals surface area contributed by atoms with Gasteiger partial charge < -0.3 is 5.11 Å². The lowest BCUT2D eigenvalue weighted by Gasteiger charge is -2.42. The number of benzene rings is 1. The highest BCUT2D eigenvalue weighted by Crippen LogP contribution is 2.37. The highest BCUT2D eigenvalue weighted by Gasteiger charge is 2.33. The Balaban J connectivity index is 2.24. The third kappa shape index (κ3) is 4.07. The largest absolute Gasteiger partial charge is 0.480 e. The zero-order valence-corrected chi connectivity index (χ0v) is 13.2. The molecule has 1 fully saturated rings. The Morgan fingerprint density at radius 1 is 1.29 bits per heavy atom. The molecule has 116 valence electrons. The van der Waals surface area contributed by atoms with E-state index in [0.29, 0.717) is 18.0 Å². The lowest BCUT2D eigenvalue weighted by atomic mass is 9.78. The molecule has 1 N–H and O–H groups in total. The van der Waals surface area contributed by atoms with E-state index in [-0.39, 0.29) is 6.54 Å². The third-order valence-electron chi connectivity index (χ3n) is 4.86. The SMILES string of the molecule is CCC(C)N(CC(=O)O)C1CCCCC1c1ccccc1. The molecule has 0 radical (unpaired) electrons. The van der Waals surface area contributed by atoms with Gasteiger partial charge in [0, 0.05) is 12.1 Å². The van der Waals surface area contributed by atoms with Gasteiger partial charge in [0.15, 0.2) is 0 Å². The zero-order valence-electron chi connectivity index (χ0n) is 13.2. The smallest absolute Gasteiger partial charge is 0.317 e. The average molecular weight is 289 g/mol. The molecular formula is C18H27NO2. The number of carbonyl (C=O) groups is 1. The summed E-state index contributed by atoms with van der Waals surface area (Å²) in [6, 6.07) is 11.3. The Hall–Kier alpha value is -1.35. The lowest BCUT2D eigenvalue weighted by molar-refractivity contribution is -0.140. The number of carboxylic acid groups (broad SMARTS) is 1. The summed E-state index contributed by atoms with van der Waals surface area (Å²) < 4.78 is 0. The van der Waals surface area contributed by atoms with E-state index in [1.807, 2.05) is 6.07 Å². The highest BCUT2D eigenvalue weighted by atomic mass is 16.4. The minimum atomic E-state index is -0.715. The number of nitrogens with zero attached hydrogens (tertiary/aromatic N) is 1. The first-order valence-corrected chi connectivity index (χ1v) is 8.16. The van der Waals surface area contributed by atoms with Crippen molar-refractivity contribution in [2.24, 2.45) is 0 Å². The van der Waals surface area contributed by atoms with Crippen molar-refractivity contribution >= 4 is 5.97 Å². The summed E-state index contributed by atoms with van der Waals surface area (Å²) in [5.41, 5.74) is 1.36. The fourth-order valence-electron chi connectivity index (χ4n) is 3.59. The van der Waals surface area contributed by atoms with Gasteiger partial charge in [0.2, 0.25) is 0 Å². The molecule has 1 aromatic carbocycles. The number of aliphatic carboxylic acids is 1. The lowest BCUT2D eigenvalue weighted by Crippen LogP contribution is -2.48. The van der Waals surface area contributed by atoms with Crippen LogP contribution in [0.5, 0.6) is 0 Å². The Kier molecular flexibility index (Phi) is 5.80. The maximum Gasteiger partial charge on any atom is 0.317 e. The second-order valence-electron chi connectivity index (χ2n) is 6.19. The van der Waals surface area contributed by atoms with E-state index in [0.717, 1.165) is 12.8 Å². The second kappa shape index (κ2) is 7.60. The van der Waals surface area contributed by atoms with E-state index in [1.165, 1.54) is 24.8 Å². The summed E-state index contributed by atoms with van der Waals surface area (Å²) in [6.45, 7) is 4.45. The molecule has 2 rings (SSSR count). The Morgan fingerprint density at radius 2 is 1.95 bits per heavy atom. The zero-order chi connectivity index (χ0) is 15.2. The molecule has 3 atom stereocenters. The molecule has 0 heterocycles. The molecule has 0 aliphatic heterocycles. The van der Waals surface area contributed by atoms with Gasteiger partial charge in [-0.1, -0.05) is 50.1 Å². The van der Waals surface area contributed by atoms with Crippen molar-refractivity contribution in [2.75, 3.05) is 6.54 Å². The number of rotatable bonds is 6. The molecule has 3 unspecified atom stereocenters. The van der Waals surface area contributed by atoms with Crippen LogP contribution in [0.3, 0.4) is 0 Å². The topological polar surface area (TPSA) is 40.5 Å². The maximum atomic E-state index is 11.3. The van der Waals surface area contributed by atoms with Gasteiger partial charge in [-0.05, 0) is 37.7 Å². The second-order valence-corrected chi connectivity index (χ2v) is 6.19. The van der Waals surface area contributed by atoms with E-state index < -0.39 is 5.97 Å². The summed E-state index contributed by atoms with van der Waals surface area (Å²) in [6.07, 6.45) is 5.72. The third-order valence-corrected chi connectivity index (χ3v) is 4.86. The van der Waals surface area contributed by atoms with Crippen LogP contribution >= 0.6 is 0 Å². The minimum Gasteiger partial charge on any atom is -0.480 e. The molecule has 3 heteroatoms. The van der Waals surface area contributed by atoms with Crippen molar-refractivity contribution in [1.29, 1.82) is 0 Å². The number of hydrogen-bond acceptors (Lipinski definition) is 2. The van der Waals surface area contributed by atoms with E-state index >= 15 is 0 Å². The van der Waals surface area contributed by atoms with Crippen molar-refractivity contribution < 1.29 is 9.90 Å². The number of hydrogen-bond donors (Lipinski definition) is 1. The fraction of sp³-hybridized carbons (Fsp3) is 0.611. The molecule has 1 aromatic rings. The van der Waals surface area contributed by atoms with Crippen LogP contribution < -0.4 is 0 Å². The number of carboxylic acids is 1. The molecule has 1 saturated carbocycles. The fourth-order valence-corrected chi connectivity index (χ4v) is 3.59. The normalized spacial score (nSPS) is 24.0. The molecule has 0 spiro atoms. The summed E-state index contributed by atoms with van der Waals surface area (Å²) in [4.78, 5) is 13.5. The quantitative estimate of drug-likeness (QED) is 0.863. The minimum absolute atomic E-state index is 0.156.